The van der Waals surface area contributed by atoms with E-state index in [-0.39, 0.29) is 5.91 Å². The molecule has 1 amide bonds. The van der Waals surface area contributed by atoms with E-state index in [2.05, 4.69) is 16.5 Å². The number of anilines is 1. The SMILES string of the molecule is C=CCN(C(=O)c1csc(-c2ccccc2)n1)c1nc(-c2ccccc2)cs1. The molecule has 6 heteroatoms. The highest BCUT2D eigenvalue weighted by molar-refractivity contribution is 7.14. The summed E-state index contributed by atoms with van der Waals surface area (Å²) >= 11 is 2.90. The van der Waals surface area contributed by atoms with Crippen LogP contribution in [-0.2, 0) is 0 Å². The lowest BCUT2D eigenvalue weighted by Gasteiger charge is -2.16. The molecule has 0 aliphatic rings. The topological polar surface area (TPSA) is 46.1 Å². The molecule has 28 heavy (non-hydrogen) atoms. The van der Waals surface area contributed by atoms with Crippen LogP contribution < -0.4 is 4.90 Å². The summed E-state index contributed by atoms with van der Waals surface area (Å²) in [5.74, 6) is -0.174. The molecule has 0 unspecified atom stereocenters. The summed E-state index contributed by atoms with van der Waals surface area (Å²) < 4.78 is 0. The number of benzene rings is 2. The summed E-state index contributed by atoms with van der Waals surface area (Å²) in [6.45, 7) is 4.16. The van der Waals surface area contributed by atoms with Crippen LogP contribution in [0.1, 0.15) is 10.5 Å². The molecule has 0 bridgehead atoms. The van der Waals surface area contributed by atoms with Gasteiger partial charge in [0, 0.05) is 28.4 Å². The number of rotatable bonds is 6. The summed E-state index contributed by atoms with van der Waals surface area (Å²) in [6.07, 6.45) is 1.70. The third kappa shape index (κ3) is 3.78. The Hall–Kier alpha value is -3.09. The van der Waals surface area contributed by atoms with Crippen molar-refractivity contribution in [1.29, 1.82) is 0 Å². The summed E-state index contributed by atoms with van der Waals surface area (Å²) in [7, 11) is 0. The normalized spacial score (nSPS) is 10.6. The number of nitrogens with zero attached hydrogens (tertiary/aromatic N) is 3. The van der Waals surface area contributed by atoms with Gasteiger partial charge in [-0.15, -0.1) is 29.3 Å². The van der Waals surface area contributed by atoms with Crippen molar-refractivity contribution >= 4 is 33.7 Å². The van der Waals surface area contributed by atoms with Gasteiger partial charge in [-0.3, -0.25) is 9.69 Å². The van der Waals surface area contributed by atoms with Crippen LogP contribution in [0.2, 0.25) is 0 Å². The molecule has 4 rings (SSSR count). The predicted octanol–water partition coefficient (Wildman–Crippen LogP) is 5.77. The van der Waals surface area contributed by atoms with E-state index in [1.165, 1.54) is 22.7 Å². The van der Waals surface area contributed by atoms with Crippen LogP contribution >= 0.6 is 22.7 Å². The molecule has 2 heterocycles. The maximum Gasteiger partial charge on any atom is 0.279 e. The Morgan fingerprint density at radius 3 is 2.29 bits per heavy atom. The van der Waals surface area contributed by atoms with Gasteiger partial charge < -0.3 is 0 Å². The van der Waals surface area contributed by atoms with Gasteiger partial charge in [0.05, 0.1) is 5.69 Å². The van der Waals surface area contributed by atoms with Crippen molar-refractivity contribution in [1.82, 2.24) is 9.97 Å². The Bertz CT molecular complexity index is 1090. The Morgan fingerprint density at radius 1 is 0.929 bits per heavy atom. The second-order valence-corrected chi connectivity index (χ2v) is 7.68. The summed E-state index contributed by atoms with van der Waals surface area (Å²) in [4.78, 5) is 23.9. The number of carbonyl (C=O) groups is 1. The number of hydrogen-bond acceptors (Lipinski definition) is 5. The Morgan fingerprint density at radius 2 is 1.61 bits per heavy atom. The van der Waals surface area contributed by atoms with Gasteiger partial charge in [0.2, 0.25) is 0 Å². The molecule has 2 aromatic carbocycles. The summed E-state index contributed by atoms with van der Waals surface area (Å²) in [5, 5.41) is 5.22. The van der Waals surface area contributed by atoms with E-state index in [9.17, 15) is 4.79 Å². The molecule has 2 aromatic heterocycles. The van der Waals surface area contributed by atoms with E-state index in [0.29, 0.717) is 17.4 Å². The minimum Gasteiger partial charge on any atom is -0.279 e. The van der Waals surface area contributed by atoms with Crippen LogP contribution in [0.4, 0.5) is 5.13 Å². The fourth-order valence-corrected chi connectivity index (χ4v) is 4.37. The molecule has 0 aliphatic carbocycles. The molecule has 0 radical (unpaired) electrons. The van der Waals surface area contributed by atoms with Crippen LogP contribution in [0.3, 0.4) is 0 Å². The van der Waals surface area contributed by atoms with E-state index in [1.807, 2.05) is 66.0 Å². The fraction of sp³-hybridized carbons (Fsp3) is 0.0455. The molecular formula is C22H17N3OS2. The van der Waals surface area contributed by atoms with Crippen molar-refractivity contribution in [3.63, 3.8) is 0 Å². The number of hydrogen-bond donors (Lipinski definition) is 0. The highest BCUT2D eigenvalue weighted by Gasteiger charge is 2.22. The minimum absolute atomic E-state index is 0.174. The second-order valence-electron chi connectivity index (χ2n) is 5.99. The largest absolute Gasteiger partial charge is 0.279 e. The molecule has 0 fully saturated rings. The van der Waals surface area contributed by atoms with E-state index < -0.39 is 0 Å². The van der Waals surface area contributed by atoms with Crippen molar-refractivity contribution < 1.29 is 4.79 Å². The van der Waals surface area contributed by atoms with E-state index in [0.717, 1.165) is 21.8 Å². The van der Waals surface area contributed by atoms with Gasteiger partial charge in [-0.2, -0.15) is 0 Å². The average Bonchev–Trinajstić information content (AvgIpc) is 3.43. The lowest BCUT2D eigenvalue weighted by atomic mass is 10.2. The maximum absolute atomic E-state index is 13.1. The lowest BCUT2D eigenvalue weighted by Crippen LogP contribution is -2.31. The number of amides is 1. The Kier molecular flexibility index (Phi) is 5.41. The zero-order valence-corrected chi connectivity index (χ0v) is 16.6. The highest BCUT2D eigenvalue weighted by atomic mass is 32.1. The van der Waals surface area contributed by atoms with E-state index >= 15 is 0 Å². The van der Waals surface area contributed by atoms with Crippen molar-refractivity contribution in [2.45, 2.75) is 0 Å². The average molecular weight is 404 g/mol. The summed E-state index contributed by atoms with van der Waals surface area (Å²) in [6, 6.07) is 19.8. The second kappa shape index (κ2) is 8.29. The Balaban J connectivity index is 1.62. The quantitative estimate of drug-likeness (QED) is 0.384. The molecule has 0 N–H and O–H groups in total. The Labute approximate surface area is 171 Å². The van der Waals surface area contributed by atoms with Crippen molar-refractivity contribution in [2.24, 2.45) is 0 Å². The van der Waals surface area contributed by atoms with Crippen LogP contribution in [0.25, 0.3) is 21.8 Å². The smallest absolute Gasteiger partial charge is 0.279 e. The number of thiazole rings is 2. The molecule has 0 saturated heterocycles. The van der Waals surface area contributed by atoms with Crippen molar-refractivity contribution in [2.75, 3.05) is 11.4 Å². The van der Waals surface area contributed by atoms with Crippen LogP contribution in [0.5, 0.6) is 0 Å². The van der Waals surface area contributed by atoms with Gasteiger partial charge in [-0.1, -0.05) is 66.7 Å². The maximum atomic E-state index is 13.1. The molecule has 4 aromatic rings. The molecule has 4 nitrogen and oxygen atoms in total. The van der Waals surface area contributed by atoms with Gasteiger partial charge >= 0.3 is 0 Å². The number of carbonyl (C=O) groups excluding carboxylic acids is 1. The first kappa shape index (κ1) is 18.3. The van der Waals surface area contributed by atoms with Gasteiger partial charge in [0.25, 0.3) is 5.91 Å². The first-order chi connectivity index (χ1) is 13.8. The molecule has 0 saturated carbocycles. The molecule has 0 spiro atoms. The molecular weight excluding hydrogens is 386 g/mol. The van der Waals surface area contributed by atoms with Crippen molar-refractivity contribution in [3.05, 3.63) is 89.8 Å². The highest BCUT2D eigenvalue weighted by Crippen LogP contribution is 2.29. The first-order valence-electron chi connectivity index (χ1n) is 8.71. The van der Waals surface area contributed by atoms with Gasteiger partial charge in [-0.25, -0.2) is 9.97 Å². The van der Waals surface area contributed by atoms with Crippen LogP contribution in [0, 0.1) is 0 Å². The number of aromatic nitrogens is 2. The van der Waals surface area contributed by atoms with Crippen LogP contribution in [-0.4, -0.2) is 22.4 Å². The molecule has 0 atom stereocenters. The zero-order chi connectivity index (χ0) is 19.3. The third-order valence-corrected chi connectivity index (χ3v) is 5.85. The first-order valence-corrected chi connectivity index (χ1v) is 10.5. The third-order valence-electron chi connectivity index (χ3n) is 4.09. The minimum atomic E-state index is -0.174. The molecule has 138 valence electrons. The van der Waals surface area contributed by atoms with Crippen LogP contribution in [0.15, 0.2) is 84.1 Å². The van der Waals surface area contributed by atoms with Gasteiger partial charge in [-0.05, 0) is 0 Å². The lowest BCUT2D eigenvalue weighted by molar-refractivity contribution is 0.0985. The summed E-state index contributed by atoms with van der Waals surface area (Å²) in [5.41, 5.74) is 3.30. The zero-order valence-electron chi connectivity index (χ0n) is 15.0. The standard InChI is InChI=1S/C22H17N3OS2/c1-2-13-25(22-24-18(14-28-22)16-9-5-3-6-10-16)21(26)19-15-27-20(23-19)17-11-7-4-8-12-17/h2-12,14-15H,1,13H2. The van der Waals surface area contributed by atoms with Crippen molar-refractivity contribution in [3.8, 4) is 21.8 Å². The monoisotopic (exact) mass is 403 g/mol. The van der Waals surface area contributed by atoms with E-state index in [1.54, 1.807) is 16.4 Å². The fourth-order valence-electron chi connectivity index (χ4n) is 2.73. The van der Waals surface area contributed by atoms with Gasteiger partial charge in [0.15, 0.2) is 5.13 Å². The molecule has 0 aliphatic heterocycles. The van der Waals surface area contributed by atoms with E-state index in [4.69, 9.17) is 0 Å². The van der Waals surface area contributed by atoms with Gasteiger partial charge in [0.1, 0.15) is 10.7 Å². The predicted molar refractivity (Wildman–Crippen MR) is 117 cm³/mol.